The zero-order valence-corrected chi connectivity index (χ0v) is 12.9. The minimum Gasteiger partial charge on any atom is -0.390 e. The average Bonchev–Trinajstić information content (AvgIpc) is 2.82. The van der Waals surface area contributed by atoms with Crippen molar-refractivity contribution in [2.45, 2.75) is 31.4 Å². The highest BCUT2D eigenvalue weighted by Gasteiger charge is 2.22. The Morgan fingerprint density at radius 3 is 3.00 bits per heavy atom. The molecule has 3 N–H and O–H groups in total. The number of nitrogens with one attached hydrogen (secondary N) is 2. The molecule has 1 aliphatic carbocycles. The number of rotatable bonds is 5. The zero-order chi connectivity index (χ0) is 14.8. The van der Waals surface area contributed by atoms with Crippen LogP contribution in [0.1, 0.15) is 17.7 Å². The molecular formula is C17H25N3O. The van der Waals surface area contributed by atoms with E-state index in [9.17, 15) is 5.11 Å². The molecule has 2 atom stereocenters. The molecule has 4 nitrogen and oxygen atoms in total. The lowest BCUT2D eigenvalue weighted by Crippen LogP contribution is -2.42. The molecule has 0 saturated carbocycles. The van der Waals surface area contributed by atoms with Crippen molar-refractivity contribution in [1.82, 2.24) is 15.2 Å². The second-order valence-corrected chi connectivity index (χ2v) is 6.39. The summed E-state index contributed by atoms with van der Waals surface area (Å²) in [5.74, 6) is 0. The summed E-state index contributed by atoms with van der Waals surface area (Å²) in [6, 6.07) is 9.00. The molecule has 0 spiro atoms. The maximum Gasteiger partial charge on any atom is 0.0791 e. The van der Waals surface area contributed by atoms with E-state index in [-0.39, 0.29) is 6.10 Å². The first-order valence-electron chi connectivity index (χ1n) is 7.78. The Morgan fingerprint density at radius 2 is 2.19 bits per heavy atom. The number of hydrogen-bond acceptors (Lipinski definition) is 3. The summed E-state index contributed by atoms with van der Waals surface area (Å²) in [6.07, 6.45) is 2.97. The van der Waals surface area contributed by atoms with Crippen LogP contribution in [0.2, 0.25) is 0 Å². The normalized spacial score (nSPS) is 19.9. The van der Waals surface area contributed by atoms with Gasteiger partial charge in [0.2, 0.25) is 0 Å². The molecule has 4 heteroatoms. The van der Waals surface area contributed by atoms with Crippen LogP contribution < -0.4 is 5.32 Å². The van der Waals surface area contributed by atoms with Gasteiger partial charge < -0.3 is 20.3 Å². The molecular weight excluding hydrogens is 262 g/mol. The number of fused-ring (bicyclic) bond motifs is 3. The van der Waals surface area contributed by atoms with Crippen LogP contribution in [0.25, 0.3) is 10.9 Å². The highest BCUT2D eigenvalue weighted by atomic mass is 16.3. The largest absolute Gasteiger partial charge is 0.390 e. The SMILES string of the molecule is CN(C)CC(O)CNC1CCc2[nH]c3ccccc3c2C1. The highest BCUT2D eigenvalue weighted by Crippen LogP contribution is 2.28. The van der Waals surface area contributed by atoms with E-state index in [1.807, 2.05) is 19.0 Å². The standard InChI is InChI=1S/C17H25N3O/c1-20(2)11-13(21)10-18-12-7-8-17-15(9-12)14-5-3-4-6-16(14)19-17/h3-6,12-13,18-19,21H,7-11H2,1-2H3. The van der Waals surface area contributed by atoms with Crippen molar-refractivity contribution in [3.8, 4) is 0 Å². The Morgan fingerprint density at radius 1 is 1.38 bits per heavy atom. The van der Waals surface area contributed by atoms with Gasteiger partial charge in [-0.3, -0.25) is 0 Å². The van der Waals surface area contributed by atoms with E-state index in [0.29, 0.717) is 19.1 Å². The van der Waals surface area contributed by atoms with Gasteiger partial charge in [-0.2, -0.15) is 0 Å². The number of H-pyrrole nitrogens is 1. The lowest BCUT2D eigenvalue weighted by molar-refractivity contribution is 0.130. The molecule has 114 valence electrons. The van der Waals surface area contributed by atoms with E-state index in [2.05, 4.69) is 34.6 Å². The molecule has 0 amide bonds. The van der Waals surface area contributed by atoms with Crippen molar-refractivity contribution >= 4 is 10.9 Å². The number of aromatic amines is 1. The van der Waals surface area contributed by atoms with Gasteiger partial charge in [-0.05, 0) is 45.0 Å². The summed E-state index contributed by atoms with van der Waals surface area (Å²) < 4.78 is 0. The maximum absolute atomic E-state index is 9.97. The van der Waals surface area contributed by atoms with Crippen molar-refractivity contribution in [2.24, 2.45) is 0 Å². The van der Waals surface area contributed by atoms with E-state index in [0.717, 1.165) is 19.3 Å². The van der Waals surface area contributed by atoms with Gasteiger partial charge in [-0.1, -0.05) is 18.2 Å². The van der Waals surface area contributed by atoms with Crippen LogP contribution >= 0.6 is 0 Å². The molecule has 0 radical (unpaired) electrons. The fourth-order valence-corrected chi connectivity index (χ4v) is 3.33. The van der Waals surface area contributed by atoms with Crippen LogP contribution in [0.4, 0.5) is 0 Å². The van der Waals surface area contributed by atoms with Crippen LogP contribution in [-0.4, -0.2) is 54.3 Å². The van der Waals surface area contributed by atoms with Crippen molar-refractivity contribution in [2.75, 3.05) is 27.2 Å². The second-order valence-electron chi connectivity index (χ2n) is 6.39. The Hall–Kier alpha value is -1.36. The van der Waals surface area contributed by atoms with Crippen molar-refractivity contribution in [3.05, 3.63) is 35.5 Å². The van der Waals surface area contributed by atoms with Gasteiger partial charge in [0.05, 0.1) is 6.10 Å². The van der Waals surface area contributed by atoms with Crippen LogP contribution in [0.5, 0.6) is 0 Å². The van der Waals surface area contributed by atoms with Crippen molar-refractivity contribution in [1.29, 1.82) is 0 Å². The quantitative estimate of drug-likeness (QED) is 0.782. The van der Waals surface area contributed by atoms with Gasteiger partial charge in [0.1, 0.15) is 0 Å². The average molecular weight is 287 g/mol. The molecule has 21 heavy (non-hydrogen) atoms. The van der Waals surface area contributed by atoms with Gasteiger partial charge in [0, 0.05) is 35.7 Å². The third kappa shape index (κ3) is 3.28. The molecule has 3 rings (SSSR count). The first-order chi connectivity index (χ1) is 10.1. The van der Waals surface area contributed by atoms with Gasteiger partial charge in [-0.25, -0.2) is 0 Å². The Balaban J connectivity index is 1.64. The van der Waals surface area contributed by atoms with Crippen LogP contribution in [0.3, 0.4) is 0 Å². The molecule has 0 aliphatic heterocycles. The van der Waals surface area contributed by atoms with Gasteiger partial charge in [-0.15, -0.1) is 0 Å². The predicted molar refractivity (Wildman–Crippen MR) is 86.7 cm³/mol. The van der Waals surface area contributed by atoms with E-state index >= 15 is 0 Å². The number of aliphatic hydroxyl groups excluding tert-OH is 1. The van der Waals surface area contributed by atoms with E-state index in [1.54, 1.807) is 0 Å². The third-order valence-corrected chi connectivity index (χ3v) is 4.31. The summed E-state index contributed by atoms with van der Waals surface area (Å²) in [7, 11) is 3.98. The number of hydrogen-bond donors (Lipinski definition) is 3. The molecule has 1 aromatic heterocycles. The number of likely N-dealkylation sites (N-methyl/N-ethyl adjacent to an activating group) is 1. The number of aryl methyl sites for hydroxylation is 1. The third-order valence-electron chi connectivity index (χ3n) is 4.31. The minimum absolute atomic E-state index is 0.302. The van der Waals surface area contributed by atoms with Gasteiger partial charge in [0.25, 0.3) is 0 Å². The van der Waals surface area contributed by atoms with Gasteiger partial charge in [0.15, 0.2) is 0 Å². The molecule has 0 fully saturated rings. The zero-order valence-electron chi connectivity index (χ0n) is 12.9. The number of para-hydroxylation sites is 1. The molecule has 1 heterocycles. The summed E-state index contributed by atoms with van der Waals surface area (Å²) in [5.41, 5.74) is 4.09. The smallest absolute Gasteiger partial charge is 0.0791 e. The number of aromatic nitrogens is 1. The fourth-order valence-electron chi connectivity index (χ4n) is 3.33. The number of nitrogens with zero attached hydrogens (tertiary/aromatic N) is 1. The second kappa shape index (κ2) is 6.18. The molecule has 2 unspecified atom stereocenters. The van der Waals surface area contributed by atoms with Gasteiger partial charge >= 0.3 is 0 Å². The molecule has 2 aromatic rings. The maximum atomic E-state index is 9.97. The summed E-state index contributed by atoms with van der Waals surface area (Å²) in [6.45, 7) is 1.37. The van der Waals surface area contributed by atoms with Crippen LogP contribution in [-0.2, 0) is 12.8 Å². The Kier molecular flexibility index (Phi) is 4.29. The first kappa shape index (κ1) is 14.6. The van der Waals surface area contributed by atoms with E-state index in [1.165, 1.54) is 22.2 Å². The Labute approximate surface area is 126 Å². The lowest BCUT2D eigenvalue weighted by atomic mass is 9.91. The minimum atomic E-state index is -0.302. The van der Waals surface area contributed by atoms with E-state index < -0.39 is 0 Å². The molecule has 0 bridgehead atoms. The Bertz CT molecular complexity index is 605. The number of benzene rings is 1. The van der Waals surface area contributed by atoms with Crippen molar-refractivity contribution in [3.63, 3.8) is 0 Å². The summed E-state index contributed by atoms with van der Waals surface area (Å²) >= 11 is 0. The molecule has 1 aromatic carbocycles. The van der Waals surface area contributed by atoms with Crippen LogP contribution in [0.15, 0.2) is 24.3 Å². The summed E-state index contributed by atoms with van der Waals surface area (Å²) in [4.78, 5) is 5.56. The highest BCUT2D eigenvalue weighted by molar-refractivity contribution is 5.84. The predicted octanol–water partition coefficient (Wildman–Crippen LogP) is 1.54. The topological polar surface area (TPSA) is 51.3 Å². The lowest BCUT2D eigenvalue weighted by Gasteiger charge is -2.25. The number of aliphatic hydroxyl groups is 1. The fraction of sp³-hybridized carbons (Fsp3) is 0.529. The molecule has 1 aliphatic rings. The summed E-state index contributed by atoms with van der Waals surface area (Å²) in [5, 5.41) is 14.9. The van der Waals surface area contributed by atoms with E-state index in [4.69, 9.17) is 0 Å². The van der Waals surface area contributed by atoms with Crippen molar-refractivity contribution < 1.29 is 5.11 Å². The monoisotopic (exact) mass is 287 g/mol. The first-order valence-corrected chi connectivity index (χ1v) is 7.78. The van der Waals surface area contributed by atoms with Crippen LogP contribution in [0, 0.1) is 0 Å². The molecule has 0 saturated heterocycles.